The smallest absolute Gasteiger partial charge is 0.251 e. The molecule has 0 radical (unpaired) electrons. The quantitative estimate of drug-likeness (QED) is 0.606. The van der Waals surface area contributed by atoms with Crippen LogP contribution in [0.1, 0.15) is 23.7 Å². The zero-order valence-electron chi connectivity index (χ0n) is 12.0. The van der Waals surface area contributed by atoms with Crippen LogP contribution in [-0.2, 0) is 4.79 Å². The molecule has 0 aliphatic rings. The maximum atomic E-state index is 12.0. The van der Waals surface area contributed by atoms with E-state index >= 15 is 0 Å². The summed E-state index contributed by atoms with van der Waals surface area (Å²) in [6.45, 7) is 1.61. The molecule has 1 aromatic carbocycles. The lowest BCUT2D eigenvalue weighted by Gasteiger charge is -2.14. The first-order valence-electron chi connectivity index (χ1n) is 6.77. The van der Waals surface area contributed by atoms with Crippen LogP contribution in [0.5, 0.6) is 0 Å². The van der Waals surface area contributed by atoms with Gasteiger partial charge in [-0.25, -0.2) is 0 Å². The molecule has 1 heterocycles. The number of carbonyl (C=O) groups excluding carboxylic acids is 2. The van der Waals surface area contributed by atoms with E-state index in [9.17, 15) is 19.9 Å². The molecule has 1 unspecified atom stereocenters. The number of hydrogen-bond donors (Lipinski definition) is 2. The molecule has 1 aromatic heterocycles. The van der Waals surface area contributed by atoms with E-state index in [0.717, 1.165) is 15.9 Å². The van der Waals surface area contributed by atoms with Gasteiger partial charge in [-0.1, -0.05) is 12.1 Å². The molecule has 1 amide bonds. The standard InChI is InChI=1S/C16H16N2O4/c1-11(10-15(19)20)17-16(21)14-4-2-12(3-5-14)13-6-8-18(22)9-7-13/h2-9,11H,10H2,1H3,(H2-,17,19,20,21,22). The van der Waals surface area contributed by atoms with E-state index in [1.807, 2.05) is 0 Å². The number of hydrogen-bond acceptors (Lipinski definition) is 4. The molecule has 6 nitrogen and oxygen atoms in total. The molecule has 0 fully saturated rings. The van der Waals surface area contributed by atoms with E-state index in [1.165, 1.54) is 12.4 Å². The van der Waals surface area contributed by atoms with Gasteiger partial charge in [0.15, 0.2) is 0 Å². The van der Waals surface area contributed by atoms with Crippen LogP contribution in [0.15, 0.2) is 48.8 Å². The lowest BCUT2D eigenvalue weighted by molar-refractivity contribution is -0.904. The van der Waals surface area contributed by atoms with Crippen molar-refractivity contribution in [3.05, 3.63) is 54.4 Å². The van der Waals surface area contributed by atoms with Gasteiger partial charge < -0.3 is 15.2 Å². The van der Waals surface area contributed by atoms with E-state index in [1.54, 1.807) is 43.3 Å². The molecule has 2 aromatic rings. The number of benzene rings is 1. The van der Waals surface area contributed by atoms with Crippen molar-refractivity contribution >= 4 is 11.9 Å². The van der Waals surface area contributed by atoms with Crippen molar-refractivity contribution in [2.24, 2.45) is 0 Å². The normalized spacial score (nSPS) is 11.7. The molecular formula is C16H16N2O4. The largest absolute Gasteiger partial charge is 0.550 e. The molecule has 2 N–H and O–H groups in total. The highest BCUT2D eigenvalue weighted by Crippen LogP contribution is 2.18. The summed E-state index contributed by atoms with van der Waals surface area (Å²) in [5.74, 6) is -1.53. The minimum absolute atomic E-state index is 0.227. The highest BCUT2D eigenvalue weighted by Gasteiger charge is 2.10. The molecule has 1 atom stereocenters. The average Bonchev–Trinajstić information content (AvgIpc) is 2.47. The van der Waals surface area contributed by atoms with Gasteiger partial charge in [0.05, 0.1) is 0 Å². The molecule has 0 aliphatic heterocycles. The maximum Gasteiger partial charge on any atom is 0.251 e. The molecule has 114 valence electrons. The Morgan fingerprint density at radius 1 is 1.14 bits per heavy atom. The highest BCUT2D eigenvalue weighted by atomic mass is 16.5. The van der Waals surface area contributed by atoms with Gasteiger partial charge >= 0.3 is 0 Å². The Morgan fingerprint density at radius 2 is 1.68 bits per heavy atom. The van der Waals surface area contributed by atoms with E-state index in [2.05, 4.69) is 5.32 Å². The summed E-state index contributed by atoms with van der Waals surface area (Å²) >= 11 is 0. The number of carboxylic acid groups (broad SMARTS) is 1. The Balaban J connectivity index is 2.06. The van der Waals surface area contributed by atoms with E-state index in [-0.39, 0.29) is 12.3 Å². The van der Waals surface area contributed by atoms with Crippen LogP contribution < -0.4 is 15.2 Å². The molecule has 0 spiro atoms. The predicted octanol–water partition coefficient (Wildman–Crippen LogP) is 0.137. The number of carbonyl (C=O) groups is 2. The van der Waals surface area contributed by atoms with Gasteiger partial charge in [0.2, 0.25) is 12.4 Å². The zero-order valence-corrected chi connectivity index (χ0v) is 12.0. The molecule has 0 aliphatic carbocycles. The first kappa shape index (κ1) is 15.5. The summed E-state index contributed by atoms with van der Waals surface area (Å²) in [5, 5.41) is 22.3. The fourth-order valence-electron chi connectivity index (χ4n) is 2.03. The van der Waals surface area contributed by atoms with Gasteiger partial charge in [0.1, 0.15) is 0 Å². The third-order valence-corrected chi connectivity index (χ3v) is 3.14. The number of aliphatic carboxylic acids is 1. The van der Waals surface area contributed by atoms with Crippen LogP contribution >= 0.6 is 0 Å². The summed E-state index contributed by atoms with van der Waals surface area (Å²) < 4.78 is 0.948. The van der Waals surface area contributed by atoms with Crippen LogP contribution in [0, 0.1) is 0 Å². The van der Waals surface area contributed by atoms with Crippen LogP contribution in [0.2, 0.25) is 0 Å². The Morgan fingerprint density at radius 3 is 2.23 bits per heavy atom. The van der Waals surface area contributed by atoms with E-state index < -0.39 is 12.0 Å². The summed E-state index contributed by atoms with van der Waals surface area (Å²) in [6, 6.07) is 9.90. The van der Waals surface area contributed by atoms with Crippen LogP contribution in [-0.4, -0.2) is 23.1 Å². The third-order valence-electron chi connectivity index (χ3n) is 3.14. The van der Waals surface area contributed by atoms with Gasteiger partial charge in [-0.15, -0.1) is 0 Å². The predicted molar refractivity (Wildman–Crippen MR) is 75.8 cm³/mol. The van der Waals surface area contributed by atoms with Crippen molar-refractivity contribution in [3.8, 4) is 11.1 Å². The summed E-state index contributed by atoms with van der Waals surface area (Å²) in [4.78, 5) is 22.4. The van der Waals surface area contributed by atoms with Gasteiger partial charge in [0.25, 0.3) is 5.91 Å². The first-order chi connectivity index (χ1) is 10.5. The van der Waals surface area contributed by atoms with Crippen molar-refractivity contribution in [1.29, 1.82) is 0 Å². The Hall–Kier alpha value is -2.89. The van der Waals surface area contributed by atoms with Crippen molar-refractivity contribution in [2.45, 2.75) is 19.4 Å². The maximum absolute atomic E-state index is 12.0. The van der Waals surface area contributed by atoms with Crippen molar-refractivity contribution in [3.63, 3.8) is 0 Å². The molecule has 22 heavy (non-hydrogen) atoms. The van der Waals surface area contributed by atoms with Crippen LogP contribution in [0.25, 0.3) is 11.1 Å². The second-order valence-corrected chi connectivity index (χ2v) is 4.99. The fraction of sp³-hybridized carbons (Fsp3) is 0.188. The van der Waals surface area contributed by atoms with E-state index in [0.29, 0.717) is 5.56 Å². The van der Waals surface area contributed by atoms with Gasteiger partial charge in [-0.05, 0) is 30.2 Å². The lowest BCUT2D eigenvalue weighted by Crippen LogP contribution is -2.37. The number of nitrogens with zero attached hydrogens (tertiary/aromatic N) is 1. The highest BCUT2D eigenvalue weighted by molar-refractivity contribution is 5.95. The molecule has 6 heteroatoms. The van der Waals surface area contributed by atoms with Gasteiger partial charge in [-0.2, -0.15) is 0 Å². The second-order valence-electron chi connectivity index (χ2n) is 4.99. The summed E-state index contributed by atoms with van der Waals surface area (Å²) in [7, 11) is 0. The Kier molecular flexibility index (Phi) is 4.73. The van der Waals surface area contributed by atoms with Crippen LogP contribution in [0.3, 0.4) is 0 Å². The molecule has 0 bridgehead atoms. The summed E-state index contributed by atoms with van der Waals surface area (Å²) in [6.07, 6.45) is 2.80. The van der Waals surface area contributed by atoms with Gasteiger partial charge in [0, 0.05) is 40.9 Å². The lowest BCUT2D eigenvalue weighted by atomic mass is 10.0. The average molecular weight is 300 g/mol. The summed E-state index contributed by atoms with van der Waals surface area (Å²) in [5.41, 5.74) is 2.25. The number of nitrogens with one attached hydrogen (secondary N) is 1. The van der Waals surface area contributed by atoms with E-state index in [4.69, 9.17) is 0 Å². The minimum atomic E-state index is -1.20. The number of pyridine rings is 1. The zero-order chi connectivity index (χ0) is 16.1. The molecule has 0 saturated heterocycles. The fourth-order valence-corrected chi connectivity index (χ4v) is 2.03. The van der Waals surface area contributed by atoms with Crippen molar-refractivity contribution in [1.82, 2.24) is 5.32 Å². The van der Waals surface area contributed by atoms with Crippen molar-refractivity contribution < 1.29 is 24.6 Å². The van der Waals surface area contributed by atoms with Crippen molar-refractivity contribution in [2.75, 3.05) is 0 Å². The second kappa shape index (κ2) is 6.71. The number of amides is 1. The number of aromatic nitrogens is 1. The molecular weight excluding hydrogens is 284 g/mol. The first-order valence-corrected chi connectivity index (χ1v) is 6.77. The number of carboxylic acids is 1. The molecule has 2 rings (SSSR count). The minimum Gasteiger partial charge on any atom is -0.550 e. The van der Waals surface area contributed by atoms with Gasteiger partial charge in [-0.3, -0.25) is 10.0 Å². The third kappa shape index (κ3) is 4.05. The monoisotopic (exact) mass is 300 g/mol. The van der Waals surface area contributed by atoms with Crippen LogP contribution in [0.4, 0.5) is 0 Å². The molecule has 0 saturated carbocycles. The topological polar surface area (TPSA) is 93.3 Å². The Labute approximate surface area is 127 Å². The number of rotatable bonds is 5. The SMILES string of the molecule is CC(CC(=O)[O-])NC(=O)c1ccc(-c2cc[n+](O)cc2)cc1. The Bertz CT molecular complexity index is 666.